The zero-order chi connectivity index (χ0) is 11.2. The molecule has 0 spiro atoms. The lowest BCUT2D eigenvalue weighted by molar-refractivity contribution is 0.115. The average Bonchev–Trinajstić information content (AvgIpc) is 3.11. The first kappa shape index (κ1) is 11.6. The van der Waals surface area contributed by atoms with Crippen molar-refractivity contribution < 1.29 is 4.74 Å². The van der Waals surface area contributed by atoms with Crippen LogP contribution < -0.4 is 5.32 Å². The molecular weight excluding hydrogens is 198 g/mol. The van der Waals surface area contributed by atoms with Gasteiger partial charge in [-0.2, -0.15) is 0 Å². The van der Waals surface area contributed by atoms with Gasteiger partial charge in [0, 0.05) is 13.2 Å². The molecular formula is C14H21NO. The largest absolute Gasteiger partial charge is 0.377 e. The Morgan fingerprint density at radius 2 is 1.88 bits per heavy atom. The summed E-state index contributed by atoms with van der Waals surface area (Å²) in [6, 6.07) is 8.64. The Morgan fingerprint density at radius 3 is 2.50 bits per heavy atom. The summed E-state index contributed by atoms with van der Waals surface area (Å²) in [4.78, 5) is 0. The predicted octanol–water partition coefficient (Wildman–Crippen LogP) is 2.72. The number of hydrogen-bond acceptors (Lipinski definition) is 2. The molecule has 88 valence electrons. The van der Waals surface area contributed by atoms with E-state index in [1.165, 1.54) is 30.4 Å². The second kappa shape index (κ2) is 6.02. The van der Waals surface area contributed by atoms with E-state index in [-0.39, 0.29) is 0 Å². The highest BCUT2D eigenvalue weighted by molar-refractivity contribution is 5.21. The molecule has 1 aliphatic rings. The summed E-state index contributed by atoms with van der Waals surface area (Å²) < 4.78 is 5.65. The topological polar surface area (TPSA) is 21.3 Å². The minimum Gasteiger partial charge on any atom is -0.377 e. The van der Waals surface area contributed by atoms with Crippen molar-refractivity contribution in [2.24, 2.45) is 5.92 Å². The first-order valence-electron chi connectivity index (χ1n) is 6.18. The molecule has 1 aromatic rings. The molecule has 0 unspecified atom stereocenters. The van der Waals surface area contributed by atoms with Crippen molar-refractivity contribution in [1.29, 1.82) is 0 Å². The van der Waals surface area contributed by atoms with E-state index >= 15 is 0 Å². The molecule has 1 aliphatic carbocycles. The molecule has 0 bridgehead atoms. The maximum atomic E-state index is 5.65. The van der Waals surface area contributed by atoms with Gasteiger partial charge >= 0.3 is 0 Å². The maximum absolute atomic E-state index is 5.65. The highest BCUT2D eigenvalue weighted by Crippen LogP contribution is 2.32. The molecule has 0 atom stereocenters. The third kappa shape index (κ3) is 3.95. The van der Waals surface area contributed by atoms with E-state index in [1.54, 1.807) is 0 Å². The minimum absolute atomic E-state index is 0.757. The van der Waals surface area contributed by atoms with Gasteiger partial charge in [-0.05, 0) is 30.5 Å². The van der Waals surface area contributed by atoms with Crippen LogP contribution in [0, 0.1) is 5.92 Å². The van der Waals surface area contributed by atoms with E-state index in [9.17, 15) is 0 Å². The molecule has 0 aliphatic heterocycles. The average molecular weight is 219 g/mol. The fraction of sp³-hybridized carbons (Fsp3) is 0.571. The molecule has 0 radical (unpaired) electrons. The maximum Gasteiger partial charge on any atom is 0.0716 e. The molecule has 2 nitrogen and oxygen atoms in total. The molecule has 2 heteroatoms. The van der Waals surface area contributed by atoms with Gasteiger partial charge in [0.15, 0.2) is 0 Å². The Labute approximate surface area is 98.0 Å². The van der Waals surface area contributed by atoms with Crippen LogP contribution in [0.4, 0.5) is 0 Å². The molecule has 1 aromatic carbocycles. The van der Waals surface area contributed by atoms with Gasteiger partial charge in [-0.1, -0.05) is 37.1 Å². The van der Waals surface area contributed by atoms with Crippen LogP contribution in [0.25, 0.3) is 0 Å². The molecule has 1 fully saturated rings. The Kier molecular flexibility index (Phi) is 4.37. The molecule has 0 saturated heterocycles. The monoisotopic (exact) mass is 219 g/mol. The third-order valence-electron chi connectivity index (χ3n) is 3.04. The van der Waals surface area contributed by atoms with E-state index in [1.807, 2.05) is 7.05 Å². The molecule has 0 heterocycles. The highest BCUT2D eigenvalue weighted by Gasteiger charge is 2.20. The smallest absolute Gasteiger partial charge is 0.0716 e. The van der Waals surface area contributed by atoms with Gasteiger partial charge in [0.1, 0.15) is 0 Å². The van der Waals surface area contributed by atoms with E-state index in [0.29, 0.717) is 0 Å². The fourth-order valence-electron chi connectivity index (χ4n) is 1.80. The van der Waals surface area contributed by atoms with Crippen molar-refractivity contribution in [2.45, 2.75) is 32.4 Å². The molecule has 1 N–H and O–H groups in total. The summed E-state index contributed by atoms with van der Waals surface area (Å²) in [7, 11) is 1.97. The van der Waals surface area contributed by atoms with Crippen LogP contribution in [0.2, 0.25) is 0 Å². The van der Waals surface area contributed by atoms with Crippen LogP contribution in [-0.2, 0) is 17.9 Å². The van der Waals surface area contributed by atoms with Crippen molar-refractivity contribution in [1.82, 2.24) is 5.32 Å². The Bertz CT molecular complexity index is 303. The molecule has 0 amide bonds. The summed E-state index contributed by atoms with van der Waals surface area (Å²) in [6.45, 7) is 2.61. The van der Waals surface area contributed by atoms with E-state index in [2.05, 4.69) is 29.6 Å². The van der Waals surface area contributed by atoms with E-state index < -0.39 is 0 Å². The first-order valence-corrected chi connectivity index (χ1v) is 6.18. The number of nitrogens with one attached hydrogen (secondary N) is 1. The lowest BCUT2D eigenvalue weighted by atomic mass is 10.1. The van der Waals surface area contributed by atoms with Gasteiger partial charge in [-0.15, -0.1) is 0 Å². The Balaban J connectivity index is 1.67. The van der Waals surface area contributed by atoms with Gasteiger partial charge in [-0.25, -0.2) is 0 Å². The molecule has 0 aromatic heterocycles. The van der Waals surface area contributed by atoms with Crippen molar-refractivity contribution in [2.75, 3.05) is 13.7 Å². The van der Waals surface area contributed by atoms with Gasteiger partial charge < -0.3 is 10.1 Å². The van der Waals surface area contributed by atoms with Crippen molar-refractivity contribution in [3.05, 3.63) is 35.4 Å². The summed E-state index contributed by atoms with van der Waals surface area (Å²) >= 11 is 0. The van der Waals surface area contributed by atoms with Crippen LogP contribution in [0.15, 0.2) is 24.3 Å². The van der Waals surface area contributed by atoms with Crippen molar-refractivity contribution >= 4 is 0 Å². The van der Waals surface area contributed by atoms with Gasteiger partial charge in [0.25, 0.3) is 0 Å². The molecule has 16 heavy (non-hydrogen) atoms. The fourth-order valence-corrected chi connectivity index (χ4v) is 1.80. The Morgan fingerprint density at radius 1 is 1.19 bits per heavy atom. The van der Waals surface area contributed by atoms with Crippen LogP contribution in [0.5, 0.6) is 0 Å². The molecule has 2 rings (SSSR count). The molecule has 1 saturated carbocycles. The van der Waals surface area contributed by atoms with Crippen LogP contribution in [0.1, 0.15) is 30.4 Å². The van der Waals surface area contributed by atoms with Crippen molar-refractivity contribution in [3.8, 4) is 0 Å². The minimum atomic E-state index is 0.757. The summed E-state index contributed by atoms with van der Waals surface area (Å²) in [6.07, 6.45) is 4.09. The summed E-state index contributed by atoms with van der Waals surface area (Å²) in [5.74, 6) is 0.970. The number of hydrogen-bond donors (Lipinski definition) is 1. The zero-order valence-electron chi connectivity index (χ0n) is 10.0. The van der Waals surface area contributed by atoms with Crippen LogP contribution >= 0.6 is 0 Å². The standard InChI is InChI=1S/C14H21NO/c1-15-10-13-4-6-14(7-5-13)11-16-9-8-12-2-3-12/h4-7,12,15H,2-3,8-11H2,1H3. The SMILES string of the molecule is CNCc1ccc(COCCC2CC2)cc1. The first-order chi connectivity index (χ1) is 7.88. The van der Waals surface area contributed by atoms with Crippen LogP contribution in [-0.4, -0.2) is 13.7 Å². The van der Waals surface area contributed by atoms with Gasteiger partial charge in [0.2, 0.25) is 0 Å². The van der Waals surface area contributed by atoms with Gasteiger partial charge in [0.05, 0.1) is 6.61 Å². The number of rotatable bonds is 7. The Hall–Kier alpha value is -0.860. The van der Waals surface area contributed by atoms with Gasteiger partial charge in [-0.3, -0.25) is 0 Å². The second-order valence-electron chi connectivity index (χ2n) is 4.63. The van der Waals surface area contributed by atoms with E-state index in [0.717, 1.165) is 25.7 Å². The summed E-state index contributed by atoms with van der Waals surface area (Å²) in [5, 5.41) is 3.14. The number of ether oxygens (including phenoxy) is 1. The highest BCUT2D eigenvalue weighted by atomic mass is 16.5. The normalized spacial score (nSPS) is 15.3. The van der Waals surface area contributed by atoms with Crippen LogP contribution in [0.3, 0.4) is 0 Å². The second-order valence-corrected chi connectivity index (χ2v) is 4.63. The third-order valence-corrected chi connectivity index (χ3v) is 3.04. The van der Waals surface area contributed by atoms with Crippen molar-refractivity contribution in [3.63, 3.8) is 0 Å². The lowest BCUT2D eigenvalue weighted by Gasteiger charge is -2.05. The summed E-state index contributed by atoms with van der Waals surface area (Å²) in [5.41, 5.74) is 2.60. The van der Waals surface area contributed by atoms with E-state index in [4.69, 9.17) is 4.74 Å². The predicted molar refractivity (Wildman–Crippen MR) is 66.2 cm³/mol. The lowest BCUT2D eigenvalue weighted by Crippen LogP contribution is -2.04. The quantitative estimate of drug-likeness (QED) is 0.712. The zero-order valence-corrected chi connectivity index (χ0v) is 10.0. The number of benzene rings is 1.